The summed E-state index contributed by atoms with van der Waals surface area (Å²) in [4.78, 5) is 17.6. The van der Waals surface area contributed by atoms with Gasteiger partial charge in [0.05, 0.1) is 0 Å². The van der Waals surface area contributed by atoms with E-state index >= 15 is 0 Å². The lowest BCUT2D eigenvalue weighted by Gasteiger charge is -2.13. The summed E-state index contributed by atoms with van der Waals surface area (Å²) in [5.41, 5.74) is 1.79. The van der Waals surface area contributed by atoms with E-state index in [1.165, 1.54) is 0 Å². The summed E-state index contributed by atoms with van der Waals surface area (Å²) in [5.74, 6) is 0.770. The third-order valence-electron chi connectivity index (χ3n) is 3.25. The summed E-state index contributed by atoms with van der Waals surface area (Å²) in [5, 5.41) is 6.49. The van der Waals surface area contributed by atoms with Crippen LogP contribution in [0.2, 0.25) is 0 Å². The van der Waals surface area contributed by atoms with Gasteiger partial charge in [0, 0.05) is 53.0 Å². The highest BCUT2D eigenvalue weighted by atomic mass is 127. The van der Waals surface area contributed by atoms with Gasteiger partial charge in [0.25, 0.3) is 5.91 Å². The standard InChI is InChI=1S/C17H28N4O2.HI/c1-5-23-12-6-11-19-17(18-2)20-13-14-7-9-15(10-8-14)16(22)21(3)4;/h7-10H,5-6,11-13H2,1-4H3,(H2,18,19,20);1H. The van der Waals surface area contributed by atoms with Gasteiger partial charge in [0.15, 0.2) is 5.96 Å². The largest absolute Gasteiger partial charge is 0.382 e. The molecule has 6 nitrogen and oxygen atoms in total. The van der Waals surface area contributed by atoms with Gasteiger partial charge in [-0.15, -0.1) is 24.0 Å². The molecule has 1 aromatic carbocycles. The molecule has 2 N–H and O–H groups in total. The topological polar surface area (TPSA) is 66.0 Å². The molecule has 0 saturated heterocycles. The third kappa shape index (κ3) is 8.49. The minimum absolute atomic E-state index is 0. The Bertz CT molecular complexity index is 504. The average molecular weight is 448 g/mol. The molecule has 0 aromatic heterocycles. The maximum absolute atomic E-state index is 11.8. The fourth-order valence-corrected chi connectivity index (χ4v) is 1.96. The number of halogens is 1. The van der Waals surface area contributed by atoms with E-state index in [9.17, 15) is 4.79 Å². The molecule has 1 rings (SSSR count). The zero-order chi connectivity index (χ0) is 17.1. The molecule has 0 atom stereocenters. The Morgan fingerprint density at radius 1 is 1.21 bits per heavy atom. The lowest BCUT2D eigenvalue weighted by molar-refractivity contribution is 0.0827. The van der Waals surface area contributed by atoms with Crippen LogP contribution in [0.25, 0.3) is 0 Å². The molecule has 0 bridgehead atoms. The van der Waals surface area contributed by atoms with E-state index in [0.29, 0.717) is 12.1 Å². The molecule has 24 heavy (non-hydrogen) atoms. The first-order valence-corrected chi connectivity index (χ1v) is 7.91. The van der Waals surface area contributed by atoms with Gasteiger partial charge in [0.2, 0.25) is 0 Å². The molecule has 1 amide bonds. The van der Waals surface area contributed by atoms with Crippen LogP contribution in [0.5, 0.6) is 0 Å². The predicted octanol–water partition coefficient (Wildman–Crippen LogP) is 2.10. The van der Waals surface area contributed by atoms with Gasteiger partial charge < -0.3 is 20.3 Å². The van der Waals surface area contributed by atoms with Crippen LogP contribution in [0.1, 0.15) is 29.3 Å². The quantitative estimate of drug-likeness (QED) is 0.277. The van der Waals surface area contributed by atoms with Crippen LogP contribution in [-0.2, 0) is 11.3 Å². The zero-order valence-electron chi connectivity index (χ0n) is 15.0. The van der Waals surface area contributed by atoms with Crippen molar-refractivity contribution in [3.05, 3.63) is 35.4 Å². The van der Waals surface area contributed by atoms with Crippen molar-refractivity contribution >= 4 is 35.8 Å². The van der Waals surface area contributed by atoms with Crippen LogP contribution in [0.15, 0.2) is 29.3 Å². The molecule has 0 fully saturated rings. The summed E-state index contributed by atoms with van der Waals surface area (Å²) in [6, 6.07) is 7.59. The van der Waals surface area contributed by atoms with Crippen molar-refractivity contribution in [2.75, 3.05) is 40.9 Å². The molecule has 0 radical (unpaired) electrons. The highest BCUT2D eigenvalue weighted by Crippen LogP contribution is 2.06. The van der Waals surface area contributed by atoms with E-state index in [0.717, 1.165) is 37.7 Å². The monoisotopic (exact) mass is 448 g/mol. The number of carbonyl (C=O) groups excluding carboxylic acids is 1. The molecule has 0 heterocycles. The summed E-state index contributed by atoms with van der Waals surface area (Å²) in [6.45, 7) is 4.96. The van der Waals surface area contributed by atoms with Gasteiger partial charge in [-0.1, -0.05) is 12.1 Å². The molecule has 1 aromatic rings. The van der Waals surface area contributed by atoms with E-state index < -0.39 is 0 Å². The average Bonchev–Trinajstić information content (AvgIpc) is 2.57. The Hall–Kier alpha value is -1.35. The molecule has 7 heteroatoms. The Balaban J connectivity index is 0.00000529. The minimum atomic E-state index is 0. The van der Waals surface area contributed by atoms with Gasteiger partial charge in [-0.25, -0.2) is 0 Å². The van der Waals surface area contributed by atoms with Crippen LogP contribution in [0.4, 0.5) is 0 Å². The number of nitrogens with one attached hydrogen (secondary N) is 2. The second-order valence-corrected chi connectivity index (χ2v) is 5.30. The number of hydrogen-bond acceptors (Lipinski definition) is 3. The Kier molecular flexibility index (Phi) is 12.3. The first kappa shape index (κ1) is 22.6. The van der Waals surface area contributed by atoms with Crippen molar-refractivity contribution in [3.63, 3.8) is 0 Å². The molecule has 0 aliphatic carbocycles. The first-order valence-electron chi connectivity index (χ1n) is 7.91. The number of nitrogens with zero attached hydrogens (tertiary/aromatic N) is 2. The summed E-state index contributed by atoms with van der Waals surface area (Å²) in [7, 11) is 5.24. The maximum atomic E-state index is 11.8. The van der Waals surface area contributed by atoms with Crippen molar-refractivity contribution in [3.8, 4) is 0 Å². The lowest BCUT2D eigenvalue weighted by Crippen LogP contribution is -2.37. The molecule has 0 spiro atoms. The van der Waals surface area contributed by atoms with E-state index in [-0.39, 0.29) is 29.9 Å². The molecule has 0 aliphatic heterocycles. The van der Waals surface area contributed by atoms with Crippen LogP contribution in [0.3, 0.4) is 0 Å². The summed E-state index contributed by atoms with van der Waals surface area (Å²) in [6.07, 6.45) is 0.940. The maximum Gasteiger partial charge on any atom is 0.253 e. The number of amides is 1. The van der Waals surface area contributed by atoms with Gasteiger partial charge >= 0.3 is 0 Å². The second-order valence-electron chi connectivity index (χ2n) is 5.30. The van der Waals surface area contributed by atoms with Gasteiger partial charge in [-0.3, -0.25) is 9.79 Å². The highest BCUT2D eigenvalue weighted by Gasteiger charge is 2.07. The molecular weight excluding hydrogens is 419 g/mol. The smallest absolute Gasteiger partial charge is 0.253 e. The van der Waals surface area contributed by atoms with Crippen LogP contribution in [-0.4, -0.2) is 57.7 Å². The van der Waals surface area contributed by atoms with Gasteiger partial charge in [-0.05, 0) is 31.0 Å². The Labute approximate surface area is 162 Å². The minimum Gasteiger partial charge on any atom is -0.382 e. The SMILES string of the molecule is CCOCCCNC(=NC)NCc1ccc(C(=O)N(C)C)cc1.I. The number of rotatable bonds is 8. The number of benzene rings is 1. The van der Waals surface area contributed by atoms with Crippen LogP contribution >= 0.6 is 24.0 Å². The number of hydrogen-bond donors (Lipinski definition) is 2. The van der Waals surface area contributed by atoms with Crippen molar-refractivity contribution in [1.82, 2.24) is 15.5 Å². The van der Waals surface area contributed by atoms with Gasteiger partial charge in [-0.2, -0.15) is 0 Å². The first-order chi connectivity index (χ1) is 11.1. The van der Waals surface area contributed by atoms with E-state index in [4.69, 9.17) is 4.74 Å². The van der Waals surface area contributed by atoms with Crippen molar-refractivity contribution in [1.29, 1.82) is 0 Å². The number of ether oxygens (including phenoxy) is 1. The van der Waals surface area contributed by atoms with E-state index in [2.05, 4.69) is 15.6 Å². The zero-order valence-corrected chi connectivity index (χ0v) is 17.3. The number of carbonyl (C=O) groups is 1. The van der Waals surface area contributed by atoms with E-state index in [1.807, 2.05) is 31.2 Å². The van der Waals surface area contributed by atoms with Crippen molar-refractivity contribution < 1.29 is 9.53 Å². The van der Waals surface area contributed by atoms with Crippen LogP contribution in [0, 0.1) is 0 Å². The van der Waals surface area contributed by atoms with E-state index in [1.54, 1.807) is 26.0 Å². The Morgan fingerprint density at radius 3 is 2.42 bits per heavy atom. The summed E-state index contributed by atoms with van der Waals surface area (Å²) >= 11 is 0. The van der Waals surface area contributed by atoms with Crippen molar-refractivity contribution in [2.45, 2.75) is 19.9 Å². The van der Waals surface area contributed by atoms with Crippen molar-refractivity contribution in [2.24, 2.45) is 4.99 Å². The number of aliphatic imine (C=N–C) groups is 1. The predicted molar refractivity (Wildman–Crippen MR) is 109 cm³/mol. The third-order valence-corrected chi connectivity index (χ3v) is 3.25. The Morgan fingerprint density at radius 2 is 1.88 bits per heavy atom. The molecule has 0 saturated carbocycles. The van der Waals surface area contributed by atoms with Crippen LogP contribution < -0.4 is 10.6 Å². The molecule has 0 aliphatic rings. The molecule has 0 unspecified atom stereocenters. The highest BCUT2D eigenvalue weighted by molar-refractivity contribution is 14.0. The summed E-state index contributed by atoms with van der Waals surface area (Å²) < 4.78 is 5.29. The second kappa shape index (κ2) is 13.0. The van der Waals surface area contributed by atoms with Gasteiger partial charge in [0.1, 0.15) is 0 Å². The fraction of sp³-hybridized carbons (Fsp3) is 0.529. The number of guanidine groups is 1. The normalized spacial score (nSPS) is 10.8. The molecular formula is C17H29IN4O2. The fourth-order valence-electron chi connectivity index (χ4n) is 1.96. The lowest BCUT2D eigenvalue weighted by atomic mass is 10.1. The molecule has 136 valence electrons.